The van der Waals surface area contributed by atoms with Crippen molar-refractivity contribution in [3.63, 3.8) is 0 Å². The smallest absolute Gasteiger partial charge is 0.0969 e. The van der Waals surface area contributed by atoms with E-state index in [0.29, 0.717) is 0 Å². The van der Waals surface area contributed by atoms with E-state index < -0.39 is 0 Å². The molecule has 2 aromatic rings. The molecule has 0 saturated heterocycles. The van der Waals surface area contributed by atoms with E-state index in [1.54, 1.807) is 0 Å². The highest BCUT2D eigenvalue weighted by Gasteiger charge is 2.37. The Hall–Kier alpha value is -0.930. The van der Waals surface area contributed by atoms with Gasteiger partial charge in [0.1, 0.15) is 0 Å². The molecule has 2 aliphatic rings. The highest BCUT2D eigenvalue weighted by molar-refractivity contribution is 7.18. The van der Waals surface area contributed by atoms with Crippen molar-refractivity contribution in [3.8, 4) is 0 Å². The molecule has 2 nitrogen and oxygen atoms in total. The van der Waals surface area contributed by atoms with Crippen LogP contribution in [0.15, 0.2) is 18.2 Å². The van der Waals surface area contributed by atoms with E-state index in [9.17, 15) is 0 Å². The van der Waals surface area contributed by atoms with Gasteiger partial charge in [0.25, 0.3) is 0 Å². The molecule has 0 unspecified atom stereocenters. The van der Waals surface area contributed by atoms with Crippen LogP contribution in [0.5, 0.6) is 0 Å². The van der Waals surface area contributed by atoms with E-state index in [-0.39, 0.29) is 5.54 Å². The zero-order valence-corrected chi connectivity index (χ0v) is 10.6. The minimum absolute atomic E-state index is 0.0889. The Morgan fingerprint density at radius 2 is 2.12 bits per heavy atom. The maximum absolute atomic E-state index is 6.46. The summed E-state index contributed by atoms with van der Waals surface area (Å²) in [6.45, 7) is 0. The van der Waals surface area contributed by atoms with Gasteiger partial charge in [-0.05, 0) is 43.7 Å². The van der Waals surface area contributed by atoms with Crippen LogP contribution in [-0.2, 0) is 5.54 Å². The number of nitrogens with zero attached hydrogens (tertiary/aromatic N) is 1. The second-order valence-corrected chi connectivity index (χ2v) is 6.55. The van der Waals surface area contributed by atoms with Crippen molar-refractivity contribution in [2.24, 2.45) is 5.73 Å². The molecule has 1 heterocycles. The largest absolute Gasteiger partial charge is 0.321 e. The fourth-order valence-corrected chi connectivity index (χ4v) is 3.86. The molecule has 0 radical (unpaired) electrons. The fraction of sp³-hybridized carbons (Fsp3) is 0.500. The van der Waals surface area contributed by atoms with Crippen LogP contribution in [0.25, 0.3) is 10.2 Å². The maximum Gasteiger partial charge on any atom is 0.0969 e. The van der Waals surface area contributed by atoms with Crippen molar-refractivity contribution in [2.45, 2.75) is 43.6 Å². The van der Waals surface area contributed by atoms with Crippen LogP contribution in [-0.4, -0.2) is 4.98 Å². The molecule has 2 saturated carbocycles. The Labute approximate surface area is 105 Å². The maximum atomic E-state index is 6.46. The lowest BCUT2D eigenvalue weighted by Crippen LogP contribution is -2.43. The molecule has 0 atom stereocenters. The van der Waals surface area contributed by atoms with Gasteiger partial charge < -0.3 is 5.73 Å². The summed E-state index contributed by atoms with van der Waals surface area (Å²) >= 11 is 1.87. The Morgan fingerprint density at radius 3 is 2.76 bits per heavy atom. The molecule has 2 N–H and O–H groups in total. The SMILES string of the molecule is NC1(c2cccc3sc(C4CC4)nc23)CCC1. The highest BCUT2D eigenvalue weighted by Crippen LogP contribution is 2.46. The molecule has 2 aliphatic carbocycles. The van der Waals surface area contributed by atoms with Crippen LogP contribution in [0.4, 0.5) is 0 Å². The zero-order valence-electron chi connectivity index (χ0n) is 9.78. The highest BCUT2D eigenvalue weighted by atomic mass is 32.1. The van der Waals surface area contributed by atoms with E-state index in [0.717, 1.165) is 18.8 Å². The second kappa shape index (κ2) is 3.30. The number of fused-ring (bicyclic) bond motifs is 1. The van der Waals surface area contributed by atoms with Crippen LogP contribution in [0.1, 0.15) is 48.6 Å². The Morgan fingerprint density at radius 1 is 1.29 bits per heavy atom. The molecule has 0 spiro atoms. The number of benzene rings is 1. The Bertz CT molecular complexity index is 579. The molecular formula is C14H16N2S. The molecular weight excluding hydrogens is 228 g/mol. The first-order valence-electron chi connectivity index (χ1n) is 6.45. The van der Waals surface area contributed by atoms with Gasteiger partial charge >= 0.3 is 0 Å². The molecule has 2 fully saturated rings. The number of thiazole rings is 1. The van der Waals surface area contributed by atoms with Gasteiger partial charge in [-0.2, -0.15) is 0 Å². The Kier molecular flexibility index (Phi) is 1.95. The van der Waals surface area contributed by atoms with Gasteiger partial charge in [0.05, 0.1) is 15.2 Å². The number of hydrogen-bond acceptors (Lipinski definition) is 3. The fourth-order valence-electron chi connectivity index (χ4n) is 2.70. The molecule has 0 aliphatic heterocycles. The summed E-state index contributed by atoms with van der Waals surface area (Å²) in [4.78, 5) is 4.86. The van der Waals surface area contributed by atoms with Crippen molar-refractivity contribution in [1.29, 1.82) is 0 Å². The molecule has 0 amide bonds. The lowest BCUT2D eigenvalue weighted by molar-refractivity contribution is 0.255. The van der Waals surface area contributed by atoms with E-state index >= 15 is 0 Å². The van der Waals surface area contributed by atoms with Crippen molar-refractivity contribution in [3.05, 3.63) is 28.8 Å². The van der Waals surface area contributed by atoms with Crippen molar-refractivity contribution in [2.75, 3.05) is 0 Å². The van der Waals surface area contributed by atoms with Crippen LogP contribution in [0, 0.1) is 0 Å². The summed E-state index contributed by atoms with van der Waals surface area (Å²) in [6.07, 6.45) is 6.13. The molecule has 3 heteroatoms. The Balaban J connectivity index is 1.90. The summed E-state index contributed by atoms with van der Waals surface area (Å²) in [5.74, 6) is 0.746. The molecule has 0 bridgehead atoms. The minimum Gasteiger partial charge on any atom is -0.321 e. The standard InChI is InChI=1S/C14H16N2S/c15-14(7-2-8-14)10-3-1-4-11-12(10)16-13(17-11)9-5-6-9/h1,3-4,9H,2,5-8,15H2. The number of hydrogen-bond donors (Lipinski definition) is 1. The minimum atomic E-state index is -0.0889. The molecule has 4 rings (SSSR count). The second-order valence-electron chi connectivity index (χ2n) is 5.49. The molecule has 1 aromatic carbocycles. The molecule has 17 heavy (non-hydrogen) atoms. The lowest BCUT2D eigenvalue weighted by Gasteiger charge is -2.38. The van der Waals surface area contributed by atoms with Crippen LogP contribution in [0.3, 0.4) is 0 Å². The number of aromatic nitrogens is 1. The number of para-hydroxylation sites is 1. The molecule has 88 valence electrons. The third-order valence-corrected chi connectivity index (χ3v) is 5.33. The van der Waals surface area contributed by atoms with E-state index in [4.69, 9.17) is 10.7 Å². The van der Waals surface area contributed by atoms with Gasteiger partial charge in [-0.25, -0.2) is 4.98 Å². The monoisotopic (exact) mass is 244 g/mol. The third-order valence-electron chi connectivity index (χ3n) is 4.14. The number of nitrogens with two attached hydrogens (primary N) is 1. The van der Waals surface area contributed by atoms with Crippen molar-refractivity contribution < 1.29 is 0 Å². The van der Waals surface area contributed by atoms with Gasteiger partial charge in [0.2, 0.25) is 0 Å². The van der Waals surface area contributed by atoms with Crippen molar-refractivity contribution >= 4 is 21.6 Å². The van der Waals surface area contributed by atoms with Crippen LogP contribution in [0.2, 0.25) is 0 Å². The zero-order chi connectivity index (χ0) is 11.5. The van der Waals surface area contributed by atoms with Crippen LogP contribution >= 0.6 is 11.3 Å². The van der Waals surface area contributed by atoms with Crippen LogP contribution < -0.4 is 5.73 Å². The summed E-state index contributed by atoms with van der Waals surface area (Å²) < 4.78 is 1.32. The average molecular weight is 244 g/mol. The predicted molar refractivity (Wildman–Crippen MR) is 71.3 cm³/mol. The van der Waals surface area contributed by atoms with Gasteiger partial charge in [-0.3, -0.25) is 0 Å². The quantitative estimate of drug-likeness (QED) is 0.878. The normalized spacial score (nSPS) is 22.6. The topological polar surface area (TPSA) is 38.9 Å². The lowest BCUT2D eigenvalue weighted by atomic mass is 9.72. The summed E-state index contributed by atoms with van der Waals surface area (Å²) in [5.41, 5.74) is 8.83. The summed E-state index contributed by atoms with van der Waals surface area (Å²) in [5, 5.41) is 1.33. The predicted octanol–water partition coefficient (Wildman–Crippen LogP) is 3.51. The first-order chi connectivity index (χ1) is 8.26. The van der Waals surface area contributed by atoms with Gasteiger partial charge in [-0.1, -0.05) is 12.1 Å². The van der Waals surface area contributed by atoms with E-state index in [1.807, 2.05) is 11.3 Å². The van der Waals surface area contributed by atoms with E-state index in [2.05, 4.69) is 18.2 Å². The third kappa shape index (κ3) is 1.45. The average Bonchev–Trinajstić information content (AvgIpc) is 3.05. The van der Waals surface area contributed by atoms with Gasteiger partial charge in [0.15, 0.2) is 0 Å². The van der Waals surface area contributed by atoms with Gasteiger partial charge in [0, 0.05) is 11.5 Å². The van der Waals surface area contributed by atoms with E-state index in [1.165, 1.54) is 40.1 Å². The first-order valence-corrected chi connectivity index (χ1v) is 7.27. The summed E-state index contributed by atoms with van der Waals surface area (Å²) in [7, 11) is 0. The molecule has 1 aromatic heterocycles. The first kappa shape index (κ1) is 10.0. The van der Waals surface area contributed by atoms with Gasteiger partial charge in [-0.15, -0.1) is 11.3 Å². The van der Waals surface area contributed by atoms with Crippen molar-refractivity contribution in [1.82, 2.24) is 4.98 Å². The number of rotatable bonds is 2. The summed E-state index contributed by atoms with van der Waals surface area (Å²) in [6, 6.07) is 6.50.